The Bertz CT molecular complexity index is 413. The average Bonchev–Trinajstić information content (AvgIpc) is 2.16. The Morgan fingerprint density at radius 3 is 2.47 bits per heavy atom. The molecule has 1 aromatic rings. The van der Waals surface area contributed by atoms with Crippen LogP contribution >= 0.6 is 0 Å². The van der Waals surface area contributed by atoms with Crippen LogP contribution in [0.1, 0.15) is 27.6 Å². The van der Waals surface area contributed by atoms with Crippen LogP contribution in [0.25, 0.3) is 0 Å². The summed E-state index contributed by atoms with van der Waals surface area (Å²) in [6.07, 6.45) is 0. The molecule has 0 fully saturated rings. The van der Waals surface area contributed by atoms with Gasteiger partial charge in [-0.05, 0) is 19.1 Å². The van der Waals surface area contributed by atoms with Gasteiger partial charge in [0.15, 0.2) is 5.78 Å². The third-order valence-electron chi connectivity index (χ3n) is 1.99. The Morgan fingerprint density at radius 2 is 2.00 bits per heavy atom. The lowest BCUT2D eigenvalue weighted by atomic mass is 9.98. The van der Waals surface area contributed by atoms with Gasteiger partial charge in [-0.3, -0.25) is 4.79 Å². The first-order valence-corrected chi connectivity index (χ1v) is 4.36. The summed E-state index contributed by atoms with van der Waals surface area (Å²) in [7, 11) is 0. The second-order valence-electron chi connectivity index (χ2n) is 3.23. The lowest BCUT2D eigenvalue weighted by Crippen LogP contribution is -2.29. The molecule has 0 saturated carbocycles. The van der Waals surface area contributed by atoms with Crippen molar-refractivity contribution in [3.05, 3.63) is 29.3 Å². The minimum absolute atomic E-state index is 0.0139. The van der Waals surface area contributed by atoms with Gasteiger partial charge < -0.3 is 16.6 Å². The SMILES string of the molecule is C[C@H](N)C(=O)c1c(N)cccc1C(=O)O. The number of benzene rings is 1. The lowest BCUT2D eigenvalue weighted by molar-refractivity contribution is 0.0691. The number of aromatic carboxylic acids is 1. The molecule has 5 N–H and O–H groups in total. The molecule has 1 rings (SSSR count). The number of carboxylic acids is 1. The maximum Gasteiger partial charge on any atom is 0.336 e. The van der Waals surface area contributed by atoms with Gasteiger partial charge in [0.25, 0.3) is 0 Å². The number of rotatable bonds is 3. The molecule has 0 bridgehead atoms. The molecule has 0 aliphatic carbocycles. The Labute approximate surface area is 86.7 Å². The second kappa shape index (κ2) is 4.10. The molecule has 0 aromatic heterocycles. The molecular weight excluding hydrogens is 196 g/mol. The Balaban J connectivity index is 3.37. The number of hydrogen-bond donors (Lipinski definition) is 3. The normalized spacial score (nSPS) is 12.1. The number of carboxylic acid groups (broad SMARTS) is 1. The van der Waals surface area contributed by atoms with E-state index in [1.54, 1.807) is 0 Å². The van der Waals surface area contributed by atoms with Crippen LogP contribution in [0.3, 0.4) is 0 Å². The Hall–Kier alpha value is -1.88. The number of carbonyl (C=O) groups excluding carboxylic acids is 1. The number of ketones is 1. The number of carbonyl (C=O) groups is 2. The minimum Gasteiger partial charge on any atom is -0.478 e. The van der Waals surface area contributed by atoms with Gasteiger partial charge in [-0.1, -0.05) is 6.07 Å². The number of anilines is 1. The standard InChI is InChI=1S/C10H12N2O3/c1-5(11)9(13)8-6(10(14)15)3-2-4-7(8)12/h2-5H,11-12H2,1H3,(H,14,15)/t5-/m0/s1. The van der Waals surface area contributed by atoms with Gasteiger partial charge in [0, 0.05) is 5.69 Å². The zero-order valence-electron chi connectivity index (χ0n) is 8.23. The van der Waals surface area contributed by atoms with E-state index in [-0.39, 0.29) is 16.8 Å². The Kier molecular flexibility index (Phi) is 3.06. The predicted octanol–water partition coefficient (Wildman–Crippen LogP) is 0.497. The molecule has 0 unspecified atom stereocenters. The lowest BCUT2D eigenvalue weighted by Gasteiger charge is -2.10. The number of Topliss-reactive ketones (excluding diaryl/α,β-unsaturated/α-hetero) is 1. The highest BCUT2D eigenvalue weighted by Crippen LogP contribution is 2.18. The molecule has 0 saturated heterocycles. The molecule has 0 heterocycles. The van der Waals surface area contributed by atoms with Crippen molar-refractivity contribution in [3.8, 4) is 0 Å². The van der Waals surface area contributed by atoms with Crippen LogP contribution in [0.2, 0.25) is 0 Å². The van der Waals surface area contributed by atoms with Crippen molar-refractivity contribution in [2.75, 3.05) is 5.73 Å². The first-order chi connectivity index (χ1) is 6.95. The summed E-state index contributed by atoms with van der Waals surface area (Å²) in [5.74, 6) is -1.66. The quantitative estimate of drug-likeness (QED) is 0.495. The first-order valence-electron chi connectivity index (χ1n) is 4.36. The average molecular weight is 208 g/mol. The maximum absolute atomic E-state index is 11.6. The van der Waals surface area contributed by atoms with Crippen LogP contribution < -0.4 is 11.5 Å². The number of nitrogen functional groups attached to an aromatic ring is 1. The van der Waals surface area contributed by atoms with Crippen molar-refractivity contribution in [3.63, 3.8) is 0 Å². The van der Waals surface area contributed by atoms with Crippen LogP contribution in [0, 0.1) is 0 Å². The van der Waals surface area contributed by atoms with Gasteiger partial charge in [0.2, 0.25) is 0 Å². The molecular formula is C10H12N2O3. The molecule has 80 valence electrons. The molecule has 5 heteroatoms. The summed E-state index contributed by atoms with van der Waals surface area (Å²) >= 11 is 0. The molecule has 1 aromatic carbocycles. The highest BCUT2D eigenvalue weighted by atomic mass is 16.4. The summed E-state index contributed by atoms with van der Waals surface area (Å²) in [4.78, 5) is 22.5. The van der Waals surface area contributed by atoms with E-state index in [9.17, 15) is 9.59 Å². The smallest absolute Gasteiger partial charge is 0.336 e. The van der Waals surface area contributed by atoms with Gasteiger partial charge >= 0.3 is 5.97 Å². The molecule has 5 nitrogen and oxygen atoms in total. The van der Waals surface area contributed by atoms with Crippen LogP contribution in [0.15, 0.2) is 18.2 Å². The third kappa shape index (κ3) is 2.13. The van der Waals surface area contributed by atoms with Crippen molar-refractivity contribution in [1.82, 2.24) is 0 Å². The van der Waals surface area contributed by atoms with E-state index in [1.165, 1.54) is 25.1 Å². The van der Waals surface area contributed by atoms with E-state index in [1.807, 2.05) is 0 Å². The maximum atomic E-state index is 11.6. The van der Waals surface area contributed by atoms with Crippen LogP contribution in [-0.2, 0) is 0 Å². The monoisotopic (exact) mass is 208 g/mol. The van der Waals surface area contributed by atoms with Gasteiger partial charge in [-0.2, -0.15) is 0 Å². The van der Waals surface area contributed by atoms with Gasteiger partial charge in [0.05, 0.1) is 17.2 Å². The highest BCUT2D eigenvalue weighted by molar-refractivity contribution is 6.11. The van der Waals surface area contributed by atoms with Gasteiger partial charge in [-0.25, -0.2) is 4.79 Å². The number of hydrogen-bond acceptors (Lipinski definition) is 4. The van der Waals surface area contributed by atoms with E-state index in [2.05, 4.69) is 0 Å². The molecule has 0 radical (unpaired) electrons. The van der Waals surface area contributed by atoms with Crippen LogP contribution in [0.5, 0.6) is 0 Å². The Morgan fingerprint density at radius 1 is 1.40 bits per heavy atom. The van der Waals surface area contributed by atoms with E-state index in [4.69, 9.17) is 16.6 Å². The van der Waals surface area contributed by atoms with E-state index >= 15 is 0 Å². The van der Waals surface area contributed by atoms with Crippen molar-refractivity contribution in [1.29, 1.82) is 0 Å². The van der Waals surface area contributed by atoms with Crippen molar-refractivity contribution in [2.45, 2.75) is 13.0 Å². The van der Waals surface area contributed by atoms with Crippen LogP contribution in [-0.4, -0.2) is 22.9 Å². The summed E-state index contributed by atoms with van der Waals surface area (Å²) in [6, 6.07) is 3.51. The molecule has 0 amide bonds. The highest BCUT2D eigenvalue weighted by Gasteiger charge is 2.21. The molecule has 0 aliphatic rings. The fourth-order valence-corrected chi connectivity index (χ4v) is 1.25. The fraction of sp³-hybridized carbons (Fsp3) is 0.200. The topological polar surface area (TPSA) is 106 Å². The summed E-state index contributed by atoms with van der Waals surface area (Å²) in [5.41, 5.74) is 11.0. The van der Waals surface area contributed by atoms with E-state index < -0.39 is 17.8 Å². The molecule has 0 spiro atoms. The van der Waals surface area contributed by atoms with Crippen molar-refractivity contribution < 1.29 is 14.7 Å². The summed E-state index contributed by atoms with van der Waals surface area (Å²) in [6.45, 7) is 1.49. The molecule has 15 heavy (non-hydrogen) atoms. The minimum atomic E-state index is -1.19. The zero-order chi connectivity index (χ0) is 11.6. The largest absolute Gasteiger partial charge is 0.478 e. The second-order valence-corrected chi connectivity index (χ2v) is 3.23. The van der Waals surface area contributed by atoms with Gasteiger partial charge in [-0.15, -0.1) is 0 Å². The molecule has 1 atom stereocenters. The van der Waals surface area contributed by atoms with Crippen LogP contribution in [0.4, 0.5) is 5.69 Å². The third-order valence-corrected chi connectivity index (χ3v) is 1.99. The van der Waals surface area contributed by atoms with Gasteiger partial charge in [0.1, 0.15) is 0 Å². The summed E-state index contributed by atoms with van der Waals surface area (Å²) < 4.78 is 0. The fourth-order valence-electron chi connectivity index (χ4n) is 1.25. The first kappa shape index (κ1) is 11.2. The van der Waals surface area contributed by atoms with Crippen molar-refractivity contribution in [2.24, 2.45) is 5.73 Å². The summed E-state index contributed by atoms with van der Waals surface area (Å²) in [5, 5.41) is 8.87. The van der Waals surface area contributed by atoms with Crippen molar-refractivity contribution >= 4 is 17.4 Å². The molecule has 0 aliphatic heterocycles. The van der Waals surface area contributed by atoms with E-state index in [0.29, 0.717) is 0 Å². The predicted molar refractivity (Wildman–Crippen MR) is 55.8 cm³/mol. The zero-order valence-corrected chi connectivity index (χ0v) is 8.23. The van der Waals surface area contributed by atoms with E-state index in [0.717, 1.165) is 0 Å². The number of nitrogens with two attached hydrogens (primary N) is 2.